The van der Waals surface area contributed by atoms with E-state index < -0.39 is 0 Å². The van der Waals surface area contributed by atoms with Crippen LogP contribution in [-0.2, 0) is 0 Å². The van der Waals surface area contributed by atoms with Gasteiger partial charge in [0, 0.05) is 18.1 Å². The molecule has 0 fully saturated rings. The zero-order valence-corrected chi connectivity index (χ0v) is 8.80. The van der Waals surface area contributed by atoms with Crippen LogP contribution in [0.5, 0.6) is 5.75 Å². The first kappa shape index (κ1) is 9.35. The quantitative estimate of drug-likeness (QED) is 0.782. The molecule has 3 rings (SSSR count). The van der Waals surface area contributed by atoms with Crippen molar-refractivity contribution >= 4 is 0 Å². The summed E-state index contributed by atoms with van der Waals surface area (Å²) in [7, 11) is 0. The summed E-state index contributed by atoms with van der Waals surface area (Å²) in [6.07, 6.45) is 0. The molecule has 1 aromatic carbocycles. The summed E-state index contributed by atoms with van der Waals surface area (Å²) in [6.45, 7) is 2.29. The summed E-state index contributed by atoms with van der Waals surface area (Å²) < 4.78 is 10.4. The molecule has 1 atom stereocenters. The van der Waals surface area contributed by atoms with E-state index in [1.807, 2.05) is 18.2 Å². The average Bonchev–Trinajstić information content (AvgIpc) is 2.86. The molecule has 2 heterocycles. The van der Waals surface area contributed by atoms with E-state index in [9.17, 15) is 0 Å². The first-order chi connectivity index (χ1) is 7.74. The fraction of sp³-hybridized carbons (Fsp3) is 0.273. The SMILES string of the molecule is Cc1nc(-c2ccc3c(c2)OCC3N)no1. The highest BCUT2D eigenvalue weighted by molar-refractivity contribution is 5.60. The van der Waals surface area contributed by atoms with Gasteiger partial charge >= 0.3 is 0 Å². The van der Waals surface area contributed by atoms with Crippen molar-refractivity contribution in [1.29, 1.82) is 0 Å². The van der Waals surface area contributed by atoms with Crippen molar-refractivity contribution < 1.29 is 9.26 Å². The van der Waals surface area contributed by atoms with Crippen molar-refractivity contribution in [3.05, 3.63) is 29.7 Å². The Morgan fingerprint density at radius 1 is 1.44 bits per heavy atom. The van der Waals surface area contributed by atoms with Crippen LogP contribution in [0.3, 0.4) is 0 Å². The summed E-state index contributed by atoms with van der Waals surface area (Å²) in [5.41, 5.74) is 7.78. The van der Waals surface area contributed by atoms with Crippen LogP contribution >= 0.6 is 0 Å². The number of ether oxygens (including phenoxy) is 1. The molecular formula is C11H11N3O2. The molecule has 0 saturated carbocycles. The Bertz CT molecular complexity index is 536. The Morgan fingerprint density at radius 3 is 3.06 bits per heavy atom. The van der Waals surface area contributed by atoms with E-state index in [0.29, 0.717) is 18.3 Å². The lowest BCUT2D eigenvalue weighted by atomic mass is 10.1. The number of aromatic nitrogens is 2. The van der Waals surface area contributed by atoms with Crippen molar-refractivity contribution in [2.24, 2.45) is 5.73 Å². The van der Waals surface area contributed by atoms with Crippen molar-refractivity contribution in [2.45, 2.75) is 13.0 Å². The molecule has 0 amide bonds. The van der Waals surface area contributed by atoms with Gasteiger partial charge < -0.3 is 15.0 Å². The molecule has 82 valence electrons. The molecule has 1 unspecified atom stereocenters. The van der Waals surface area contributed by atoms with E-state index in [1.54, 1.807) is 6.92 Å². The van der Waals surface area contributed by atoms with Crippen LogP contribution in [0.15, 0.2) is 22.7 Å². The maximum absolute atomic E-state index is 5.86. The van der Waals surface area contributed by atoms with Crippen LogP contribution in [0.25, 0.3) is 11.4 Å². The van der Waals surface area contributed by atoms with Crippen LogP contribution in [0.1, 0.15) is 17.5 Å². The minimum absolute atomic E-state index is 0.0314. The van der Waals surface area contributed by atoms with Crippen molar-refractivity contribution in [3.63, 3.8) is 0 Å². The van der Waals surface area contributed by atoms with Gasteiger partial charge in [-0.2, -0.15) is 4.98 Å². The maximum Gasteiger partial charge on any atom is 0.223 e. The van der Waals surface area contributed by atoms with Gasteiger partial charge in [0.1, 0.15) is 12.4 Å². The highest BCUT2D eigenvalue weighted by Gasteiger charge is 2.21. The van der Waals surface area contributed by atoms with Crippen molar-refractivity contribution in [2.75, 3.05) is 6.61 Å². The molecule has 0 radical (unpaired) electrons. The third-order valence-corrected chi connectivity index (χ3v) is 2.62. The molecule has 1 aromatic heterocycles. The van der Waals surface area contributed by atoms with Gasteiger partial charge in [-0.3, -0.25) is 0 Å². The van der Waals surface area contributed by atoms with Gasteiger partial charge in [-0.05, 0) is 6.07 Å². The fourth-order valence-corrected chi connectivity index (χ4v) is 1.79. The van der Waals surface area contributed by atoms with Gasteiger partial charge in [0.2, 0.25) is 11.7 Å². The van der Waals surface area contributed by atoms with Gasteiger partial charge in [-0.1, -0.05) is 17.3 Å². The van der Waals surface area contributed by atoms with E-state index in [2.05, 4.69) is 10.1 Å². The van der Waals surface area contributed by atoms with Gasteiger partial charge in [-0.25, -0.2) is 0 Å². The van der Waals surface area contributed by atoms with E-state index in [1.165, 1.54) is 0 Å². The Kier molecular flexibility index (Phi) is 1.94. The second-order valence-corrected chi connectivity index (χ2v) is 3.81. The third-order valence-electron chi connectivity index (χ3n) is 2.62. The number of rotatable bonds is 1. The van der Waals surface area contributed by atoms with Crippen molar-refractivity contribution in [3.8, 4) is 17.1 Å². The molecule has 16 heavy (non-hydrogen) atoms. The minimum Gasteiger partial charge on any atom is -0.491 e. The largest absolute Gasteiger partial charge is 0.491 e. The standard InChI is InChI=1S/C11H11N3O2/c1-6-13-11(14-16-6)7-2-3-8-9(12)5-15-10(8)4-7/h2-4,9H,5,12H2,1H3. The Balaban J connectivity index is 2.05. The number of benzene rings is 1. The monoisotopic (exact) mass is 217 g/mol. The molecule has 0 bridgehead atoms. The van der Waals surface area contributed by atoms with Crippen LogP contribution in [0.4, 0.5) is 0 Å². The van der Waals surface area contributed by atoms with Crippen LogP contribution in [0, 0.1) is 6.92 Å². The smallest absolute Gasteiger partial charge is 0.223 e. The van der Waals surface area contributed by atoms with Crippen LogP contribution in [0.2, 0.25) is 0 Å². The zero-order chi connectivity index (χ0) is 11.1. The number of aryl methyl sites for hydroxylation is 1. The van der Waals surface area contributed by atoms with E-state index in [0.717, 1.165) is 16.9 Å². The lowest BCUT2D eigenvalue weighted by molar-refractivity contribution is 0.333. The van der Waals surface area contributed by atoms with Crippen LogP contribution in [-0.4, -0.2) is 16.7 Å². The summed E-state index contributed by atoms with van der Waals surface area (Å²) in [5.74, 6) is 1.94. The molecule has 5 nitrogen and oxygen atoms in total. The number of hydrogen-bond donors (Lipinski definition) is 1. The molecule has 0 saturated heterocycles. The Morgan fingerprint density at radius 2 is 2.31 bits per heavy atom. The maximum atomic E-state index is 5.86. The zero-order valence-electron chi connectivity index (χ0n) is 8.80. The summed E-state index contributed by atoms with van der Waals surface area (Å²) >= 11 is 0. The van der Waals surface area contributed by atoms with Gasteiger partial charge in [0.25, 0.3) is 0 Å². The third kappa shape index (κ3) is 1.37. The normalized spacial score (nSPS) is 18.2. The number of nitrogens with zero attached hydrogens (tertiary/aromatic N) is 2. The van der Waals surface area contributed by atoms with E-state index >= 15 is 0 Å². The van der Waals surface area contributed by atoms with Gasteiger partial charge in [0.15, 0.2) is 0 Å². The number of hydrogen-bond acceptors (Lipinski definition) is 5. The molecule has 1 aliphatic heterocycles. The molecule has 0 aliphatic carbocycles. The first-order valence-electron chi connectivity index (χ1n) is 5.07. The average molecular weight is 217 g/mol. The molecule has 5 heteroatoms. The van der Waals surface area contributed by atoms with Crippen LogP contribution < -0.4 is 10.5 Å². The predicted molar refractivity (Wildman–Crippen MR) is 56.9 cm³/mol. The van der Waals surface area contributed by atoms with E-state index in [-0.39, 0.29) is 6.04 Å². The second-order valence-electron chi connectivity index (χ2n) is 3.81. The first-order valence-corrected chi connectivity index (χ1v) is 5.07. The predicted octanol–water partition coefficient (Wildman–Crippen LogP) is 1.44. The Labute approximate surface area is 92.2 Å². The Hall–Kier alpha value is -1.88. The van der Waals surface area contributed by atoms with E-state index in [4.69, 9.17) is 15.0 Å². The van der Waals surface area contributed by atoms with Crippen molar-refractivity contribution in [1.82, 2.24) is 10.1 Å². The second kappa shape index (κ2) is 3.31. The van der Waals surface area contributed by atoms with Gasteiger partial charge in [-0.15, -0.1) is 0 Å². The summed E-state index contributed by atoms with van der Waals surface area (Å²) in [5, 5.41) is 3.86. The highest BCUT2D eigenvalue weighted by atomic mass is 16.5. The lowest BCUT2D eigenvalue weighted by Gasteiger charge is -2.01. The summed E-state index contributed by atoms with van der Waals surface area (Å²) in [4.78, 5) is 4.16. The number of nitrogens with two attached hydrogens (primary N) is 1. The summed E-state index contributed by atoms with van der Waals surface area (Å²) in [6, 6.07) is 5.74. The highest BCUT2D eigenvalue weighted by Crippen LogP contribution is 2.33. The molecule has 2 aromatic rings. The molecule has 2 N–H and O–H groups in total. The fourth-order valence-electron chi connectivity index (χ4n) is 1.79. The lowest BCUT2D eigenvalue weighted by Crippen LogP contribution is -2.10. The van der Waals surface area contributed by atoms with Gasteiger partial charge in [0.05, 0.1) is 6.04 Å². The molecule has 0 spiro atoms. The molecular weight excluding hydrogens is 206 g/mol. The number of fused-ring (bicyclic) bond motifs is 1. The minimum atomic E-state index is -0.0314. The molecule has 1 aliphatic rings. The topological polar surface area (TPSA) is 74.2 Å².